The van der Waals surface area contributed by atoms with Gasteiger partial charge in [0.25, 0.3) is 17.7 Å². The highest BCUT2D eigenvalue weighted by Crippen LogP contribution is 2.45. The maximum absolute atomic E-state index is 14.9. The van der Waals surface area contributed by atoms with Crippen LogP contribution < -0.4 is 10.1 Å². The number of anilines is 1. The number of nitrogens with one attached hydrogen (secondary N) is 1. The normalized spacial score (nSPS) is 15.1. The maximum atomic E-state index is 14.9. The lowest BCUT2D eigenvalue weighted by molar-refractivity contribution is -0.142. The summed E-state index contributed by atoms with van der Waals surface area (Å²) in [6, 6.07) is 6.30. The molecule has 202 valence electrons. The van der Waals surface area contributed by atoms with E-state index in [2.05, 4.69) is 20.5 Å². The Bertz CT molecular complexity index is 1520. The van der Waals surface area contributed by atoms with E-state index in [-0.39, 0.29) is 34.7 Å². The Morgan fingerprint density at radius 2 is 1.82 bits per heavy atom. The molecule has 1 aliphatic carbocycles. The van der Waals surface area contributed by atoms with Crippen molar-refractivity contribution in [2.75, 3.05) is 11.6 Å². The summed E-state index contributed by atoms with van der Waals surface area (Å²) in [5.74, 6) is -3.72. The Labute approximate surface area is 214 Å². The van der Waals surface area contributed by atoms with Crippen molar-refractivity contribution in [3.63, 3.8) is 0 Å². The van der Waals surface area contributed by atoms with E-state index in [0.29, 0.717) is 6.42 Å². The molecule has 0 radical (unpaired) electrons. The average Bonchev–Trinajstić information content (AvgIpc) is 2.78. The molecule has 0 spiro atoms. The molecule has 38 heavy (non-hydrogen) atoms. The Morgan fingerprint density at radius 3 is 2.37 bits per heavy atom. The van der Waals surface area contributed by atoms with Gasteiger partial charge in [-0.3, -0.25) is 4.79 Å². The number of rotatable bonds is 6. The number of aromatic nitrogens is 3. The Hall–Kier alpha value is -3.68. The first-order valence-corrected chi connectivity index (χ1v) is 13.1. The highest BCUT2D eigenvalue weighted by molar-refractivity contribution is 7.90. The largest absolute Gasteiger partial charge is 0.435 e. The second-order valence-corrected chi connectivity index (χ2v) is 11.0. The van der Waals surface area contributed by atoms with Crippen molar-refractivity contribution in [2.45, 2.75) is 49.9 Å². The molecule has 1 aromatic carbocycles. The number of aryl methyl sites for hydroxylation is 1. The molecule has 3 aromatic rings. The summed E-state index contributed by atoms with van der Waals surface area (Å²) in [6.07, 6.45) is -3.08. The second kappa shape index (κ2) is 9.57. The molecule has 2 heterocycles. The molecule has 1 saturated carbocycles. The molecular weight excluding hydrogens is 535 g/mol. The molecule has 4 rings (SSSR count). The zero-order valence-corrected chi connectivity index (χ0v) is 21.1. The lowest BCUT2D eigenvalue weighted by Crippen LogP contribution is -2.30. The maximum Gasteiger partial charge on any atom is 0.435 e. The molecule has 2 aromatic heterocycles. The van der Waals surface area contributed by atoms with E-state index in [4.69, 9.17) is 4.74 Å². The van der Waals surface area contributed by atoms with Crippen LogP contribution in [0.2, 0.25) is 0 Å². The van der Waals surface area contributed by atoms with Crippen LogP contribution >= 0.6 is 0 Å². The van der Waals surface area contributed by atoms with Crippen LogP contribution in [-0.2, 0) is 21.7 Å². The van der Waals surface area contributed by atoms with Crippen molar-refractivity contribution in [2.24, 2.45) is 0 Å². The Kier molecular flexibility index (Phi) is 6.89. The summed E-state index contributed by atoms with van der Waals surface area (Å²) in [4.78, 5) is 16.6. The third-order valence-corrected chi connectivity index (χ3v) is 7.23. The predicted molar refractivity (Wildman–Crippen MR) is 125 cm³/mol. The van der Waals surface area contributed by atoms with E-state index >= 15 is 0 Å². The summed E-state index contributed by atoms with van der Waals surface area (Å²) in [6.45, 7) is 2.34. The fourth-order valence-electron chi connectivity index (χ4n) is 3.92. The Balaban J connectivity index is 1.76. The van der Waals surface area contributed by atoms with Gasteiger partial charge in [0.1, 0.15) is 5.56 Å². The van der Waals surface area contributed by atoms with Crippen molar-refractivity contribution in [1.82, 2.24) is 15.2 Å². The van der Waals surface area contributed by atoms with Crippen molar-refractivity contribution >= 4 is 21.4 Å². The van der Waals surface area contributed by atoms with Gasteiger partial charge in [0.05, 0.1) is 10.6 Å². The van der Waals surface area contributed by atoms with Crippen LogP contribution in [0.5, 0.6) is 11.6 Å². The molecule has 1 N–H and O–H groups in total. The van der Waals surface area contributed by atoms with Crippen LogP contribution in [0.25, 0.3) is 0 Å². The summed E-state index contributed by atoms with van der Waals surface area (Å²) in [7, 11) is -3.65. The highest BCUT2D eigenvalue weighted by atomic mass is 32.2. The van der Waals surface area contributed by atoms with E-state index < -0.39 is 62.0 Å². The minimum atomic E-state index is -4.98. The number of amides is 1. The lowest BCUT2D eigenvalue weighted by atomic mass is 9.79. The monoisotopic (exact) mass is 556 g/mol. The minimum Gasteiger partial charge on any atom is -0.432 e. The van der Waals surface area contributed by atoms with E-state index in [1.54, 1.807) is 0 Å². The molecule has 14 heteroatoms. The van der Waals surface area contributed by atoms with Gasteiger partial charge in [-0.2, -0.15) is 17.6 Å². The van der Waals surface area contributed by atoms with Crippen LogP contribution in [0.1, 0.15) is 52.1 Å². The summed E-state index contributed by atoms with van der Waals surface area (Å²) in [5, 5.41) is 8.81. The average molecular weight is 557 g/mol. The highest BCUT2D eigenvalue weighted by Gasteiger charge is 2.42. The zero-order valence-electron chi connectivity index (χ0n) is 20.3. The van der Waals surface area contributed by atoms with Crippen molar-refractivity contribution < 1.29 is 39.9 Å². The number of halogens is 5. The van der Waals surface area contributed by atoms with Gasteiger partial charge in [-0.25, -0.2) is 17.8 Å². The van der Waals surface area contributed by atoms with Crippen molar-refractivity contribution in [3.8, 4) is 11.6 Å². The van der Waals surface area contributed by atoms with Gasteiger partial charge in [-0.1, -0.05) is 6.07 Å². The molecule has 0 saturated heterocycles. The van der Waals surface area contributed by atoms with Gasteiger partial charge >= 0.3 is 6.18 Å². The molecule has 1 amide bonds. The number of benzene rings is 1. The minimum absolute atomic E-state index is 0.0456. The number of nitrogens with zero attached hydrogens (tertiary/aromatic N) is 3. The lowest BCUT2D eigenvalue weighted by Gasteiger charge is -2.33. The van der Waals surface area contributed by atoms with Gasteiger partial charge in [-0.05, 0) is 68.5 Å². The predicted octanol–water partition coefficient (Wildman–Crippen LogP) is 5.44. The van der Waals surface area contributed by atoms with Crippen LogP contribution in [0.3, 0.4) is 0 Å². The number of sulfone groups is 1. The molecule has 1 aliphatic rings. The van der Waals surface area contributed by atoms with Gasteiger partial charge < -0.3 is 10.1 Å². The molecule has 0 bridgehead atoms. The van der Waals surface area contributed by atoms with Gasteiger partial charge in [-0.15, -0.1) is 10.2 Å². The number of pyridine rings is 1. The summed E-state index contributed by atoms with van der Waals surface area (Å²) in [5.41, 5.74) is -4.75. The van der Waals surface area contributed by atoms with Crippen LogP contribution in [-0.4, -0.2) is 35.8 Å². The first kappa shape index (κ1) is 27.4. The fourth-order valence-corrected chi connectivity index (χ4v) is 4.59. The van der Waals surface area contributed by atoms with Crippen molar-refractivity contribution in [1.29, 1.82) is 0 Å². The second-order valence-electron chi connectivity index (χ2n) is 8.97. The SMILES string of the molecule is Cc1cc(C2(F)CCC2)nc(F)c1Oc1nnc(C(F)(F)F)c(C)c1C(=O)Nc1cccc(S(C)(=O)=O)c1. The van der Waals surface area contributed by atoms with Crippen molar-refractivity contribution in [3.05, 3.63) is 64.4 Å². The number of hydrogen-bond donors (Lipinski definition) is 1. The van der Waals surface area contributed by atoms with E-state index in [1.165, 1.54) is 31.2 Å². The molecule has 0 atom stereocenters. The summed E-state index contributed by atoms with van der Waals surface area (Å²) >= 11 is 0. The standard InChI is InChI=1S/C24H21F5N4O4S/c1-12-10-16(23(26)8-5-9-23)31-20(25)18(12)37-22-17(13(2)19(32-33-22)24(27,28)29)21(34)30-14-6-4-7-15(11-14)38(3,35)36/h4,6-7,10-11H,5,8-9H2,1-3H3,(H,30,34). The van der Waals surface area contributed by atoms with Gasteiger partial charge in [0, 0.05) is 11.9 Å². The molecule has 8 nitrogen and oxygen atoms in total. The topological polar surface area (TPSA) is 111 Å². The van der Waals surface area contributed by atoms with Crippen LogP contribution in [0.15, 0.2) is 35.2 Å². The smallest absolute Gasteiger partial charge is 0.432 e. The number of alkyl halides is 4. The van der Waals surface area contributed by atoms with Gasteiger partial charge in [0.2, 0.25) is 0 Å². The number of carbonyl (C=O) groups excluding carboxylic acids is 1. The zero-order chi connectivity index (χ0) is 28.0. The van der Waals surface area contributed by atoms with Crippen LogP contribution in [0, 0.1) is 19.8 Å². The van der Waals surface area contributed by atoms with Gasteiger partial charge in [0.15, 0.2) is 26.9 Å². The first-order chi connectivity index (χ1) is 17.6. The number of carbonyl (C=O) groups is 1. The molecular formula is C24H21F5N4O4S. The summed E-state index contributed by atoms with van der Waals surface area (Å²) < 4.78 is 99.4. The fraction of sp³-hybridized carbons (Fsp3) is 0.333. The third kappa shape index (κ3) is 5.30. The molecule has 0 aliphatic heterocycles. The van der Waals surface area contributed by atoms with Crippen LogP contribution in [0.4, 0.5) is 27.6 Å². The molecule has 0 unspecified atom stereocenters. The number of hydrogen-bond acceptors (Lipinski definition) is 7. The molecule has 1 fully saturated rings. The van der Waals surface area contributed by atoms with E-state index in [0.717, 1.165) is 19.2 Å². The number of ether oxygens (including phenoxy) is 1. The first-order valence-electron chi connectivity index (χ1n) is 11.2. The van der Waals surface area contributed by atoms with E-state index in [1.807, 2.05) is 0 Å². The quantitative estimate of drug-likeness (QED) is 0.318. The third-order valence-electron chi connectivity index (χ3n) is 6.12. The van der Waals surface area contributed by atoms with E-state index in [9.17, 15) is 35.2 Å². The Morgan fingerprint density at radius 1 is 1.13 bits per heavy atom.